The van der Waals surface area contributed by atoms with Crippen molar-refractivity contribution in [3.63, 3.8) is 0 Å². The van der Waals surface area contributed by atoms with Gasteiger partial charge in [-0.25, -0.2) is 4.79 Å². The average Bonchev–Trinajstić information content (AvgIpc) is 2.64. The van der Waals surface area contributed by atoms with Crippen LogP contribution in [0.2, 0.25) is 0 Å². The molecular formula is C16H24Br2N2O3. The zero-order chi connectivity index (χ0) is 17.0. The van der Waals surface area contributed by atoms with E-state index in [-0.39, 0.29) is 12.1 Å². The summed E-state index contributed by atoms with van der Waals surface area (Å²) in [6.07, 6.45) is 2.93. The van der Waals surface area contributed by atoms with Gasteiger partial charge in [0.1, 0.15) is 11.4 Å². The molecule has 5 nitrogen and oxygen atoms in total. The van der Waals surface area contributed by atoms with Crippen molar-refractivity contribution in [1.29, 1.82) is 0 Å². The second-order valence-electron chi connectivity index (χ2n) is 6.83. The molecule has 7 heteroatoms. The number of amides is 1. The number of nitrogens with one attached hydrogen (secondary N) is 1. The van der Waals surface area contributed by atoms with Gasteiger partial charge in [-0.15, -0.1) is 0 Å². The predicted molar refractivity (Wildman–Crippen MR) is 96.4 cm³/mol. The maximum Gasteiger partial charge on any atom is 0.410 e. The molecule has 0 spiro atoms. The van der Waals surface area contributed by atoms with Crippen molar-refractivity contribution in [1.82, 2.24) is 10.2 Å². The lowest BCUT2D eigenvalue weighted by molar-refractivity contribution is 0.0243. The van der Waals surface area contributed by atoms with Crippen LogP contribution in [0.3, 0.4) is 0 Å². The number of rotatable bonds is 3. The van der Waals surface area contributed by atoms with Crippen molar-refractivity contribution in [3.05, 3.63) is 21.0 Å². The Labute approximate surface area is 154 Å². The number of carbonyl (C=O) groups excluding carboxylic acids is 1. The number of carbonyl (C=O) groups is 1. The van der Waals surface area contributed by atoms with Crippen LogP contribution in [0.25, 0.3) is 0 Å². The van der Waals surface area contributed by atoms with Crippen LogP contribution in [0.1, 0.15) is 45.8 Å². The van der Waals surface area contributed by atoms with Crippen LogP contribution < -0.4 is 5.32 Å². The Kier molecular flexibility index (Phi) is 6.57. The lowest BCUT2D eigenvalue weighted by Crippen LogP contribution is -2.44. The Morgan fingerprint density at radius 3 is 2.78 bits per heavy atom. The monoisotopic (exact) mass is 450 g/mol. The van der Waals surface area contributed by atoms with Gasteiger partial charge in [-0.2, -0.15) is 0 Å². The molecule has 0 radical (unpaired) electrons. The van der Waals surface area contributed by atoms with Crippen LogP contribution in [0.4, 0.5) is 4.79 Å². The zero-order valence-corrected chi connectivity index (χ0v) is 17.0. The molecule has 1 aliphatic heterocycles. The SMILES string of the molecule is CC(C)(C)OC(=O)N1CCCCC(NCc2cc(Br)c(Br)o2)C1. The van der Waals surface area contributed by atoms with E-state index in [4.69, 9.17) is 9.15 Å². The first kappa shape index (κ1) is 18.8. The Bertz CT molecular complexity index is 520. The lowest BCUT2D eigenvalue weighted by atomic mass is 10.1. The van der Waals surface area contributed by atoms with Crippen molar-refractivity contribution in [3.8, 4) is 0 Å². The van der Waals surface area contributed by atoms with Crippen LogP contribution >= 0.6 is 31.9 Å². The summed E-state index contributed by atoms with van der Waals surface area (Å²) >= 11 is 6.75. The third kappa shape index (κ3) is 6.12. The number of hydrogen-bond donors (Lipinski definition) is 1. The van der Waals surface area contributed by atoms with Gasteiger partial charge in [0.05, 0.1) is 11.0 Å². The van der Waals surface area contributed by atoms with Crippen LogP contribution in [0.15, 0.2) is 19.6 Å². The molecule has 0 aliphatic carbocycles. The second kappa shape index (κ2) is 8.03. The summed E-state index contributed by atoms with van der Waals surface area (Å²) in [5.74, 6) is 0.858. The number of ether oxygens (including phenoxy) is 1. The number of hydrogen-bond acceptors (Lipinski definition) is 4. The van der Waals surface area contributed by atoms with E-state index in [1.165, 1.54) is 0 Å². The summed E-state index contributed by atoms with van der Waals surface area (Å²) in [5, 5.41) is 3.48. The fourth-order valence-corrected chi connectivity index (χ4v) is 3.18. The summed E-state index contributed by atoms with van der Waals surface area (Å²) in [4.78, 5) is 14.1. The van der Waals surface area contributed by atoms with Crippen molar-refractivity contribution >= 4 is 38.0 Å². The lowest BCUT2D eigenvalue weighted by Gasteiger charge is -2.28. The number of furan rings is 1. The fourth-order valence-electron chi connectivity index (χ4n) is 2.52. The summed E-state index contributed by atoms with van der Waals surface area (Å²) < 4.78 is 12.7. The molecule has 1 unspecified atom stereocenters. The Balaban J connectivity index is 1.90. The minimum absolute atomic E-state index is 0.227. The molecule has 2 heterocycles. The van der Waals surface area contributed by atoms with E-state index in [1.54, 1.807) is 0 Å². The molecule has 1 aromatic heterocycles. The Morgan fingerprint density at radius 2 is 2.17 bits per heavy atom. The van der Waals surface area contributed by atoms with Crippen molar-refractivity contribution in [2.75, 3.05) is 13.1 Å². The van der Waals surface area contributed by atoms with E-state index in [0.29, 0.717) is 17.8 Å². The molecule has 1 fully saturated rings. The highest BCUT2D eigenvalue weighted by atomic mass is 79.9. The molecule has 1 aliphatic rings. The van der Waals surface area contributed by atoms with Crippen LogP contribution in [0, 0.1) is 0 Å². The number of likely N-dealkylation sites (tertiary alicyclic amines) is 1. The van der Waals surface area contributed by atoms with Crippen molar-refractivity contribution in [2.45, 2.75) is 58.2 Å². The zero-order valence-electron chi connectivity index (χ0n) is 13.8. The minimum atomic E-state index is -0.459. The molecule has 1 N–H and O–H groups in total. The molecule has 0 aromatic carbocycles. The molecule has 23 heavy (non-hydrogen) atoms. The van der Waals surface area contributed by atoms with E-state index in [2.05, 4.69) is 37.2 Å². The van der Waals surface area contributed by atoms with Crippen molar-refractivity contribution in [2.24, 2.45) is 0 Å². The maximum atomic E-state index is 12.3. The molecule has 1 amide bonds. The van der Waals surface area contributed by atoms with Crippen LogP contribution in [-0.2, 0) is 11.3 Å². The molecular weight excluding hydrogens is 428 g/mol. The maximum absolute atomic E-state index is 12.3. The van der Waals surface area contributed by atoms with Gasteiger partial charge in [0.2, 0.25) is 0 Å². The summed E-state index contributed by atoms with van der Waals surface area (Å²) in [5.41, 5.74) is -0.459. The van der Waals surface area contributed by atoms with Gasteiger partial charge in [-0.3, -0.25) is 0 Å². The highest BCUT2D eigenvalue weighted by Crippen LogP contribution is 2.26. The van der Waals surface area contributed by atoms with E-state index in [9.17, 15) is 4.79 Å². The summed E-state index contributed by atoms with van der Waals surface area (Å²) in [6.45, 7) is 7.74. The first-order valence-electron chi connectivity index (χ1n) is 7.89. The predicted octanol–water partition coefficient (Wildman–Crippen LogP) is 4.68. The van der Waals surface area contributed by atoms with Gasteiger partial charge < -0.3 is 19.4 Å². The third-order valence-electron chi connectivity index (χ3n) is 3.58. The molecule has 0 bridgehead atoms. The topological polar surface area (TPSA) is 54.7 Å². The quantitative estimate of drug-likeness (QED) is 0.724. The molecule has 0 saturated carbocycles. The van der Waals surface area contributed by atoms with E-state index in [0.717, 1.165) is 36.0 Å². The largest absolute Gasteiger partial charge is 0.452 e. The molecule has 2 rings (SSSR count). The standard InChI is InChI=1S/C16H24Br2N2O3/c1-16(2,3)23-15(21)20-7-5-4-6-11(10-20)19-9-12-8-13(17)14(18)22-12/h8,11,19H,4-7,9-10H2,1-3H3. The van der Waals surface area contributed by atoms with Crippen molar-refractivity contribution < 1.29 is 13.9 Å². The highest BCUT2D eigenvalue weighted by molar-refractivity contribution is 9.13. The van der Waals surface area contributed by atoms with E-state index >= 15 is 0 Å². The average molecular weight is 452 g/mol. The molecule has 130 valence electrons. The highest BCUT2D eigenvalue weighted by Gasteiger charge is 2.26. The first-order valence-corrected chi connectivity index (χ1v) is 9.48. The Hall–Kier alpha value is -0.530. The normalized spacial score (nSPS) is 19.5. The van der Waals surface area contributed by atoms with Gasteiger partial charge in [0, 0.05) is 19.1 Å². The van der Waals surface area contributed by atoms with E-state index in [1.807, 2.05) is 31.7 Å². The fraction of sp³-hybridized carbons (Fsp3) is 0.688. The second-order valence-corrected chi connectivity index (χ2v) is 8.41. The summed E-state index contributed by atoms with van der Waals surface area (Å²) in [6, 6.07) is 2.19. The van der Waals surface area contributed by atoms with Gasteiger partial charge in [0.15, 0.2) is 4.67 Å². The summed E-state index contributed by atoms with van der Waals surface area (Å²) in [7, 11) is 0. The van der Waals surface area contributed by atoms with Crippen LogP contribution in [0.5, 0.6) is 0 Å². The molecule has 1 atom stereocenters. The first-order chi connectivity index (χ1) is 10.7. The number of halogens is 2. The minimum Gasteiger partial charge on any atom is -0.452 e. The smallest absolute Gasteiger partial charge is 0.410 e. The molecule has 1 saturated heterocycles. The van der Waals surface area contributed by atoms with Gasteiger partial charge in [-0.1, -0.05) is 6.42 Å². The van der Waals surface area contributed by atoms with E-state index < -0.39 is 5.60 Å². The van der Waals surface area contributed by atoms with Gasteiger partial charge >= 0.3 is 6.09 Å². The van der Waals surface area contributed by atoms with Gasteiger partial charge in [-0.05, 0) is 71.5 Å². The Morgan fingerprint density at radius 1 is 1.43 bits per heavy atom. The third-order valence-corrected chi connectivity index (χ3v) is 5.29. The molecule has 1 aromatic rings. The number of nitrogens with zero attached hydrogens (tertiary/aromatic N) is 1. The van der Waals surface area contributed by atoms with Gasteiger partial charge in [0.25, 0.3) is 0 Å². The van der Waals surface area contributed by atoms with Crippen LogP contribution in [-0.4, -0.2) is 35.7 Å².